The van der Waals surface area contributed by atoms with Crippen molar-refractivity contribution in [1.29, 1.82) is 0 Å². The molecule has 0 amide bonds. The number of morpholine rings is 1. The molecule has 0 aliphatic carbocycles. The molecule has 1 fully saturated rings. The van der Waals surface area contributed by atoms with Gasteiger partial charge in [0.25, 0.3) is 0 Å². The van der Waals surface area contributed by atoms with E-state index in [4.69, 9.17) is 4.74 Å². The molecular formula is C18H20F2N2O3S. The molecule has 1 heterocycles. The van der Waals surface area contributed by atoms with E-state index in [0.29, 0.717) is 38.9 Å². The number of hydrogen-bond donors (Lipinski definition) is 1. The van der Waals surface area contributed by atoms with Gasteiger partial charge in [-0.15, -0.1) is 0 Å². The lowest BCUT2D eigenvalue weighted by atomic mass is 10.1. The fourth-order valence-electron chi connectivity index (χ4n) is 2.88. The van der Waals surface area contributed by atoms with Crippen LogP contribution in [-0.2, 0) is 14.8 Å². The minimum Gasteiger partial charge on any atom is -0.379 e. The smallest absolute Gasteiger partial charge is 0.241 e. The van der Waals surface area contributed by atoms with E-state index in [1.54, 1.807) is 0 Å². The predicted molar refractivity (Wildman–Crippen MR) is 93.1 cm³/mol. The number of ether oxygens (including phenoxy) is 1. The fraction of sp³-hybridized carbons (Fsp3) is 0.333. The maximum atomic E-state index is 13.4. The molecule has 2 aromatic rings. The highest BCUT2D eigenvalue weighted by atomic mass is 32.2. The van der Waals surface area contributed by atoms with Gasteiger partial charge in [-0.2, -0.15) is 0 Å². The Morgan fingerprint density at radius 3 is 2.27 bits per heavy atom. The topological polar surface area (TPSA) is 58.6 Å². The summed E-state index contributed by atoms with van der Waals surface area (Å²) in [6.45, 7) is 3.00. The molecule has 0 aromatic heterocycles. The van der Waals surface area contributed by atoms with Crippen molar-refractivity contribution < 1.29 is 21.9 Å². The highest BCUT2D eigenvalue weighted by molar-refractivity contribution is 7.89. The summed E-state index contributed by atoms with van der Waals surface area (Å²) in [5.41, 5.74) is 0.777. The van der Waals surface area contributed by atoms with Crippen molar-refractivity contribution in [3.8, 4) is 0 Å². The monoisotopic (exact) mass is 382 g/mol. The molecule has 140 valence electrons. The summed E-state index contributed by atoms with van der Waals surface area (Å²) in [5, 5.41) is 0. The summed E-state index contributed by atoms with van der Waals surface area (Å²) in [6.07, 6.45) is 0. The lowest BCUT2D eigenvalue weighted by Gasteiger charge is -2.31. The number of hydrogen-bond acceptors (Lipinski definition) is 4. The Morgan fingerprint density at radius 2 is 1.65 bits per heavy atom. The van der Waals surface area contributed by atoms with Gasteiger partial charge in [-0.05, 0) is 17.7 Å². The third-order valence-electron chi connectivity index (χ3n) is 4.19. The largest absolute Gasteiger partial charge is 0.379 e. The van der Waals surface area contributed by atoms with Crippen LogP contribution < -0.4 is 4.72 Å². The number of sulfonamides is 1. The molecule has 0 bridgehead atoms. The Hall–Kier alpha value is -1.87. The highest BCUT2D eigenvalue weighted by Crippen LogP contribution is 2.20. The van der Waals surface area contributed by atoms with E-state index < -0.39 is 32.6 Å². The summed E-state index contributed by atoms with van der Waals surface area (Å²) in [5.74, 6) is -1.87. The van der Waals surface area contributed by atoms with Crippen LogP contribution >= 0.6 is 0 Å². The Balaban J connectivity index is 1.86. The first kappa shape index (κ1) is 18.9. The quantitative estimate of drug-likeness (QED) is 0.833. The Labute approximate surface area is 151 Å². The minimum absolute atomic E-state index is 0.432. The van der Waals surface area contributed by atoms with Crippen LogP contribution in [0.2, 0.25) is 0 Å². The maximum absolute atomic E-state index is 13.4. The molecule has 1 unspecified atom stereocenters. The molecule has 1 saturated heterocycles. The van der Waals surface area contributed by atoms with Crippen molar-refractivity contribution in [1.82, 2.24) is 9.62 Å². The number of nitrogens with one attached hydrogen (secondary N) is 1. The third-order valence-corrected chi connectivity index (χ3v) is 5.64. The number of halogens is 2. The van der Waals surface area contributed by atoms with E-state index in [-0.39, 0.29) is 0 Å². The van der Waals surface area contributed by atoms with E-state index in [0.717, 1.165) is 17.7 Å². The number of nitrogens with zero attached hydrogens (tertiary/aromatic N) is 1. The predicted octanol–water partition coefficient (Wildman–Crippen LogP) is 2.32. The average Bonchev–Trinajstić information content (AvgIpc) is 2.62. The molecule has 1 N–H and O–H groups in total. The molecule has 5 nitrogen and oxygen atoms in total. The molecule has 26 heavy (non-hydrogen) atoms. The van der Waals surface area contributed by atoms with Crippen molar-refractivity contribution in [2.24, 2.45) is 0 Å². The summed E-state index contributed by atoms with van der Waals surface area (Å²) in [7, 11) is -4.09. The summed E-state index contributed by atoms with van der Waals surface area (Å²) >= 11 is 0. The SMILES string of the molecule is O=S(=O)(NC(CN1CCOCC1)c1ccccc1)c1cc(F)cc(F)c1. The first-order valence-electron chi connectivity index (χ1n) is 8.27. The summed E-state index contributed by atoms with van der Waals surface area (Å²) in [6, 6.07) is 10.8. The number of benzene rings is 2. The van der Waals surface area contributed by atoms with Crippen LogP contribution in [0.4, 0.5) is 8.78 Å². The van der Waals surface area contributed by atoms with Crippen LogP contribution in [0.15, 0.2) is 53.4 Å². The molecule has 1 aliphatic heterocycles. The van der Waals surface area contributed by atoms with E-state index in [1.807, 2.05) is 30.3 Å². The van der Waals surface area contributed by atoms with Crippen LogP contribution in [0.1, 0.15) is 11.6 Å². The van der Waals surface area contributed by atoms with Crippen molar-refractivity contribution >= 4 is 10.0 Å². The van der Waals surface area contributed by atoms with Crippen LogP contribution in [-0.4, -0.2) is 46.2 Å². The minimum atomic E-state index is -4.09. The Morgan fingerprint density at radius 1 is 1.04 bits per heavy atom. The molecule has 3 rings (SSSR count). The van der Waals surface area contributed by atoms with Crippen molar-refractivity contribution in [3.05, 3.63) is 65.7 Å². The molecule has 0 spiro atoms. The van der Waals surface area contributed by atoms with E-state index in [9.17, 15) is 17.2 Å². The Kier molecular flexibility index (Phi) is 5.98. The second kappa shape index (κ2) is 8.22. The van der Waals surface area contributed by atoms with Gasteiger partial charge in [0.2, 0.25) is 10.0 Å². The van der Waals surface area contributed by atoms with Gasteiger partial charge >= 0.3 is 0 Å². The van der Waals surface area contributed by atoms with Gasteiger partial charge in [0, 0.05) is 25.7 Å². The van der Waals surface area contributed by atoms with Gasteiger partial charge < -0.3 is 4.74 Å². The zero-order valence-corrected chi connectivity index (χ0v) is 14.9. The van der Waals surface area contributed by atoms with E-state index >= 15 is 0 Å². The normalized spacial score (nSPS) is 17.2. The highest BCUT2D eigenvalue weighted by Gasteiger charge is 2.25. The standard InChI is InChI=1S/C18H20F2N2O3S/c19-15-10-16(20)12-17(11-15)26(23,24)21-18(14-4-2-1-3-5-14)13-22-6-8-25-9-7-22/h1-5,10-12,18,21H,6-9,13H2. The maximum Gasteiger partial charge on any atom is 0.241 e. The van der Waals surface area contributed by atoms with E-state index in [2.05, 4.69) is 9.62 Å². The van der Waals surface area contributed by atoms with Gasteiger partial charge in [-0.3, -0.25) is 4.90 Å². The van der Waals surface area contributed by atoms with Crippen LogP contribution in [0, 0.1) is 11.6 Å². The second-order valence-electron chi connectivity index (χ2n) is 6.10. The van der Waals surface area contributed by atoms with Gasteiger partial charge in [0.15, 0.2) is 0 Å². The first-order valence-corrected chi connectivity index (χ1v) is 9.76. The van der Waals surface area contributed by atoms with Gasteiger partial charge in [0.05, 0.1) is 24.2 Å². The van der Waals surface area contributed by atoms with E-state index in [1.165, 1.54) is 0 Å². The van der Waals surface area contributed by atoms with Crippen LogP contribution in [0.5, 0.6) is 0 Å². The second-order valence-corrected chi connectivity index (χ2v) is 7.82. The summed E-state index contributed by atoms with van der Waals surface area (Å²) < 4.78 is 60.1. The average molecular weight is 382 g/mol. The van der Waals surface area contributed by atoms with Crippen molar-refractivity contribution in [2.45, 2.75) is 10.9 Å². The molecule has 0 radical (unpaired) electrons. The van der Waals surface area contributed by atoms with Crippen molar-refractivity contribution in [3.63, 3.8) is 0 Å². The van der Waals surface area contributed by atoms with Crippen LogP contribution in [0.3, 0.4) is 0 Å². The summed E-state index contributed by atoms with van der Waals surface area (Å²) in [4.78, 5) is 1.66. The van der Waals surface area contributed by atoms with Gasteiger partial charge in [0.1, 0.15) is 11.6 Å². The lowest BCUT2D eigenvalue weighted by molar-refractivity contribution is 0.0345. The number of rotatable bonds is 6. The molecular weight excluding hydrogens is 362 g/mol. The first-order chi connectivity index (χ1) is 12.4. The zero-order chi connectivity index (χ0) is 18.6. The molecule has 1 aliphatic rings. The zero-order valence-electron chi connectivity index (χ0n) is 14.1. The van der Waals surface area contributed by atoms with Crippen LogP contribution in [0.25, 0.3) is 0 Å². The fourth-order valence-corrected chi connectivity index (χ4v) is 4.13. The third kappa shape index (κ3) is 4.85. The Bertz CT molecular complexity index is 821. The van der Waals surface area contributed by atoms with Gasteiger partial charge in [-0.25, -0.2) is 21.9 Å². The lowest BCUT2D eigenvalue weighted by Crippen LogP contribution is -2.43. The van der Waals surface area contributed by atoms with Crippen molar-refractivity contribution in [2.75, 3.05) is 32.8 Å². The molecule has 1 atom stereocenters. The molecule has 2 aromatic carbocycles. The molecule has 0 saturated carbocycles. The van der Waals surface area contributed by atoms with Gasteiger partial charge in [-0.1, -0.05) is 30.3 Å². The molecule has 8 heteroatoms.